The van der Waals surface area contributed by atoms with Gasteiger partial charge in [-0.25, -0.2) is 19.6 Å². The minimum absolute atomic E-state index is 0.106. The minimum atomic E-state index is -0.882. The topological polar surface area (TPSA) is 175 Å². The average molecular weight is 809 g/mol. The van der Waals surface area contributed by atoms with Crippen LogP contribution in [0.5, 0.6) is 0 Å². The second-order valence-electron chi connectivity index (χ2n) is 14.7. The Kier molecular flexibility index (Phi) is 10.7. The van der Waals surface area contributed by atoms with Crippen LogP contribution in [-0.2, 0) is 19.1 Å². The lowest BCUT2D eigenvalue weighted by atomic mass is 10.0. The first-order valence-corrected chi connectivity index (χ1v) is 20.7. The molecule has 4 N–H and O–H groups in total. The van der Waals surface area contributed by atoms with E-state index in [2.05, 4.69) is 44.9 Å². The number of nitrogens with zero attached hydrogens (tertiary/aromatic N) is 4. The van der Waals surface area contributed by atoms with Crippen molar-refractivity contribution >= 4 is 67.1 Å². The van der Waals surface area contributed by atoms with Crippen LogP contribution in [0.3, 0.4) is 0 Å². The molecule has 8 rings (SSSR count). The molecule has 2 aliphatic heterocycles. The second kappa shape index (κ2) is 16.0. The molecule has 296 valence electrons. The normalized spacial score (nSPS) is 18.0. The molecule has 2 fully saturated rings. The van der Waals surface area contributed by atoms with Crippen LogP contribution in [0.15, 0.2) is 66.9 Å². The predicted octanol–water partition coefficient (Wildman–Crippen LogP) is 7.70. The molecule has 2 saturated heterocycles. The van der Waals surface area contributed by atoms with Gasteiger partial charge in [-0.3, -0.25) is 9.59 Å². The molecule has 2 aliphatic rings. The summed E-state index contributed by atoms with van der Waals surface area (Å²) in [6, 6.07) is 17.7. The molecule has 1 unspecified atom stereocenters. The van der Waals surface area contributed by atoms with Gasteiger partial charge < -0.3 is 39.9 Å². The number of alkyl carbamates (subject to hydrolysis) is 2. The number of ether oxygens (including phenoxy) is 2. The van der Waals surface area contributed by atoms with Crippen molar-refractivity contribution < 1.29 is 28.7 Å². The third kappa shape index (κ3) is 7.58. The van der Waals surface area contributed by atoms with Crippen molar-refractivity contribution in [3.8, 4) is 21.0 Å². The van der Waals surface area contributed by atoms with E-state index in [9.17, 15) is 19.2 Å². The lowest BCUT2D eigenvalue weighted by Crippen LogP contribution is -2.51. The monoisotopic (exact) mass is 808 g/mol. The molecule has 6 heterocycles. The summed E-state index contributed by atoms with van der Waals surface area (Å²) in [6.07, 6.45) is 3.75. The zero-order chi connectivity index (χ0) is 39.8. The zero-order valence-electron chi connectivity index (χ0n) is 32.0. The van der Waals surface area contributed by atoms with Crippen molar-refractivity contribution in [2.24, 2.45) is 5.92 Å². The number of hydrogen-bond acceptors (Lipinski definition) is 10. The Morgan fingerprint density at radius 1 is 0.789 bits per heavy atom. The number of carbonyl (C=O) groups excluding carboxylic acids is 4. The molecule has 0 saturated carbocycles. The number of fused-ring (bicyclic) bond motifs is 2. The lowest BCUT2D eigenvalue weighted by molar-refractivity contribution is -0.135. The third-order valence-electron chi connectivity index (χ3n) is 10.8. The van der Waals surface area contributed by atoms with Crippen LogP contribution in [0, 0.1) is 5.92 Å². The molecular weight excluding hydrogens is 765 g/mol. The van der Waals surface area contributed by atoms with Gasteiger partial charge in [-0.2, -0.15) is 0 Å². The largest absolute Gasteiger partial charge is 0.453 e. The Bertz CT molecular complexity index is 2400. The highest BCUT2D eigenvalue weighted by Crippen LogP contribution is 2.43. The van der Waals surface area contributed by atoms with E-state index >= 15 is 0 Å². The molecule has 4 amide bonds. The number of rotatable bonds is 10. The summed E-state index contributed by atoms with van der Waals surface area (Å²) in [6.45, 7) is 4.96. The molecule has 57 heavy (non-hydrogen) atoms. The van der Waals surface area contributed by atoms with Gasteiger partial charge in [0.2, 0.25) is 5.91 Å². The summed E-state index contributed by atoms with van der Waals surface area (Å²) >= 11 is 3.39. The van der Waals surface area contributed by atoms with Crippen LogP contribution in [0.4, 0.5) is 9.59 Å². The number of benzene rings is 2. The summed E-state index contributed by atoms with van der Waals surface area (Å²) < 4.78 is 11.9. The van der Waals surface area contributed by atoms with Gasteiger partial charge in [0.1, 0.15) is 23.7 Å². The van der Waals surface area contributed by atoms with Crippen molar-refractivity contribution in [3.63, 3.8) is 0 Å². The van der Waals surface area contributed by atoms with E-state index in [1.165, 1.54) is 14.2 Å². The van der Waals surface area contributed by atoms with Crippen molar-refractivity contribution in [1.29, 1.82) is 0 Å². The fourth-order valence-electron chi connectivity index (χ4n) is 7.86. The van der Waals surface area contributed by atoms with Gasteiger partial charge in [0, 0.05) is 27.4 Å². The molecule has 2 aromatic carbocycles. The summed E-state index contributed by atoms with van der Waals surface area (Å²) in [5.41, 5.74) is 4.34. The van der Waals surface area contributed by atoms with Crippen LogP contribution in [0.2, 0.25) is 0 Å². The molecule has 4 atom stereocenters. The first kappa shape index (κ1) is 38.1. The maximum absolute atomic E-state index is 14.0. The van der Waals surface area contributed by atoms with Crippen molar-refractivity contribution in [3.05, 3.63) is 84.1 Å². The van der Waals surface area contributed by atoms with E-state index in [1.807, 2.05) is 61.3 Å². The smallest absolute Gasteiger partial charge is 0.407 e. The predicted molar refractivity (Wildman–Crippen MR) is 219 cm³/mol. The number of H-pyrrole nitrogens is 2. The number of imidazole rings is 2. The number of methoxy groups -OCH3 is 2. The molecule has 0 radical (unpaired) electrons. The number of carbonyl (C=O) groups is 4. The highest BCUT2D eigenvalue weighted by atomic mass is 32.1. The van der Waals surface area contributed by atoms with Crippen LogP contribution < -0.4 is 10.6 Å². The zero-order valence-corrected chi connectivity index (χ0v) is 33.7. The van der Waals surface area contributed by atoms with Gasteiger partial charge in [0.05, 0.1) is 54.1 Å². The van der Waals surface area contributed by atoms with Gasteiger partial charge in [-0.15, -0.1) is 22.7 Å². The van der Waals surface area contributed by atoms with Crippen molar-refractivity contribution in [2.75, 3.05) is 27.3 Å². The lowest BCUT2D eigenvalue weighted by Gasteiger charge is -2.30. The van der Waals surface area contributed by atoms with E-state index in [1.54, 1.807) is 27.6 Å². The number of aromatic nitrogens is 4. The molecule has 14 nitrogen and oxygen atoms in total. The fraction of sp³-hybridized carbons (Fsp3) is 0.366. The maximum Gasteiger partial charge on any atom is 0.407 e. The summed E-state index contributed by atoms with van der Waals surface area (Å²) in [4.78, 5) is 74.2. The standard InChI is InChI=1S/C41H44N8O6S2/c1-22(2)34(46-40(52)54-3)38(50)48-16-8-12-28(48)36-42-21-27(45-36)31-20-33-32(57-31)19-30(56-33)24-14-15-25-26(18-24)44-37(43-25)29-13-9-17-49(29)39(51)35(47-41(53)55-4)23-10-6-5-7-11-23/h5-7,10-11,14-15,18-22,28-29,34-35H,8-9,12-13,16-17H2,1-4H3,(H,42,45)(H,43,44)(H,46,52)(H,47,53)/t28-,29?,34-,35+/m0/s1. The molecule has 0 aliphatic carbocycles. The van der Waals surface area contributed by atoms with Gasteiger partial charge in [-0.05, 0) is 67.0 Å². The quantitative estimate of drug-likeness (QED) is 0.109. The molecule has 0 bridgehead atoms. The van der Waals surface area contributed by atoms with Crippen molar-refractivity contribution in [2.45, 2.75) is 63.7 Å². The SMILES string of the molecule is COC(=O)N[C@H](C(=O)N1CCC[C@H]1c1ncc(-c2cc3sc(-c4ccc5[nH]c(C6CCCN6C(=O)[C@H](NC(=O)OC)c6ccccc6)nc5c4)cc3s2)[nH]1)C(C)C. The van der Waals surface area contributed by atoms with E-state index in [-0.39, 0.29) is 29.8 Å². The van der Waals surface area contributed by atoms with Gasteiger partial charge in [0.15, 0.2) is 0 Å². The van der Waals surface area contributed by atoms with Crippen LogP contribution >= 0.6 is 22.7 Å². The first-order chi connectivity index (χ1) is 27.6. The third-order valence-corrected chi connectivity index (χ3v) is 13.2. The Labute approximate surface area is 337 Å². The number of aromatic amines is 2. The molecule has 6 aromatic rings. The Balaban J connectivity index is 0.981. The maximum atomic E-state index is 14.0. The number of amides is 4. The van der Waals surface area contributed by atoms with Crippen LogP contribution in [-0.4, -0.2) is 87.1 Å². The fourth-order valence-corrected chi connectivity index (χ4v) is 10.2. The molecule has 16 heteroatoms. The molecule has 0 spiro atoms. The average Bonchev–Trinajstić information content (AvgIpc) is 4.07. The number of nitrogens with one attached hydrogen (secondary N) is 4. The molecular formula is C41H44N8O6S2. The van der Waals surface area contributed by atoms with Crippen LogP contribution in [0.1, 0.15) is 74.9 Å². The Morgan fingerprint density at radius 2 is 1.44 bits per heavy atom. The van der Waals surface area contributed by atoms with Gasteiger partial charge in [-0.1, -0.05) is 50.2 Å². The van der Waals surface area contributed by atoms with Gasteiger partial charge in [0.25, 0.3) is 5.91 Å². The summed E-state index contributed by atoms with van der Waals surface area (Å²) in [5, 5.41) is 5.43. The highest BCUT2D eigenvalue weighted by molar-refractivity contribution is 7.31. The van der Waals surface area contributed by atoms with Gasteiger partial charge >= 0.3 is 12.2 Å². The number of likely N-dealkylation sites (tertiary alicyclic amines) is 2. The first-order valence-electron chi connectivity index (χ1n) is 19.1. The minimum Gasteiger partial charge on any atom is -0.453 e. The van der Waals surface area contributed by atoms with E-state index in [0.29, 0.717) is 18.7 Å². The summed E-state index contributed by atoms with van der Waals surface area (Å²) in [5.74, 6) is 1.00. The van der Waals surface area contributed by atoms with E-state index in [0.717, 1.165) is 78.8 Å². The van der Waals surface area contributed by atoms with Crippen LogP contribution in [0.25, 0.3) is 41.4 Å². The second-order valence-corrected chi connectivity index (χ2v) is 16.9. The van der Waals surface area contributed by atoms with E-state index < -0.39 is 24.3 Å². The molecule has 4 aromatic heterocycles. The Hall–Kier alpha value is -5.74. The Morgan fingerprint density at radius 3 is 2.14 bits per heavy atom. The summed E-state index contributed by atoms with van der Waals surface area (Å²) in [7, 11) is 2.58. The number of hydrogen-bond donors (Lipinski definition) is 4. The number of thiophene rings is 2. The van der Waals surface area contributed by atoms with E-state index in [4.69, 9.17) is 19.4 Å². The van der Waals surface area contributed by atoms with Crippen molar-refractivity contribution in [1.82, 2.24) is 40.4 Å². The highest BCUT2D eigenvalue weighted by Gasteiger charge is 2.39.